The van der Waals surface area contributed by atoms with E-state index in [1.54, 1.807) is 64.0 Å². The fourth-order valence-electron chi connectivity index (χ4n) is 7.64. The zero-order valence-electron chi connectivity index (χ0n) is 34.4. The van der Waals surface area contributed by atoms with Crippen molar-refractivity contribution in [3.8, 4) is 75.1 Å². The van der Waals surface area contributed by atoms with Gasteiger partial charge < -0.3 is 37.9 Å². The monoisotopic (exact) mass is 879 g/mol. The zero-order chi connectivity index (χ0) is 44.1. The molecule has 0 saturated heterocycles. The number of aromatic nitrogens is 10. The van der Waals surface area contributed by atoms with E-state index < -0.39 is 0 Å². The average molecular weight is 880 g/mol. The van der Waals surface area contributed by atoms with Crippen molar-refractivity contribution in [1.82, 2.24) is 49.7 Å². The van der Waals surface area contributed by atoms with E-state index in [-0.39, 0.29) is 61.8 Å². The van der Waals surface area contributed by atoms with Crippen LogP contribution in [0.3, 0.4) is 0 Å². The molecular formula is C44H37N11O10. The molecule has 11 rings (SSSR count). The van der Waals surface area contributed by atoms with Crippen LogP contribution in [0.5, 0.6) is 46.5 Å². The van der Waals surface area contributed by atoms with Crippen molar-refractivity contribution < 1.29 is 37.9 Å². The molecule has 4 aliphatic heterocycles. The number of rotatable bonds is 11. The first-order valence-electron chi connectivity index (χ1n) is 20.5. The molecular weight excluding hydrogens is 843 g/mol. The van der Waals surface area contributed by atoms with Crippen LogP contribution in [0, 0.1) is 11.3 Å². The maximum atomic E-state index is 12.7. The number of benzene rings is 2. The molecule has 0 amide bonds. The van der Waals surface area contributed by atoms with Gasteiger partial charge in [0.25, 0.3) is 11.8 Å². The van der Waals surface area contributed by atoms with Crippen LogP contribution in [-0.4, -0.2) is 94.9 Å². The number of fused-ring (bicyclic) bond motifs is 8. The molecule has 2 atom stereocenters. The van der Waals surface area contributed by atoms with Crippen LogP contribution in [0.2, 0.25) is 0 Å². The van der Waals surface area contributed by atoms with Gasteiger partial charge >= 0.3 is 11.4 Å². The van der Waals surface area contributed by atoms with Crippen LogP contribution in [0.1, 0.15) is 17.0 Å². The van der Waals surface area contributed by atoms with Gasteiger partial charge in [0.2, 0.25) is 17.6 Å². The number of ether oxygens (including phenoxy) is 8. The van der Waals surface area contributed by atoms with Crippen molar-refractivity contribution in [2.75, 3.05) is 33.0 Å². The van der Waals surface area contributed by atoms with Gasteiger partial charge in [-0.2, -0.15) is 20.4 Å². The molecule has 65 heavy (non-hydrogen) atoms. The van der Waals surface area contributed by atoms with Gasteiger partial charge in [-0.25, -0.2) is 19.6 Å². The first-order valence-corrected chi connectivity index (χ1v) is 20.5. The Morgan fingerprint density at radius 1 is 0.708 bits per heavy atom. The molecule has 328 valence electrons. The van der Waals surface area contributed by atoms with Crippen LogP contribution >= 0.6 is 0 Å². The van der Waals surface area contributed by atoms with Crippen LogP contribution in [0.15, 0.2) is 94.8 Å². The van der Waals surface area contributed by atoms with Gasteiger partial charge in [-0.15, -0.1) is 10.2 Å². The summed E-state index contributed by atoms with van der Waals surface area (Å²) in [7, 11) is 0. The largest absolute Gasteiger partial charge is 0.485 e. The van der Waals surface area contributed by atoms with Crippen molar-refractivity contribution in [1.29, 1.82) is 5.26 Å². The lowest BCUT2D eigenvalue weighted by Gasteiger charge is -2.25. The summed E-state index contributed by atoms with van der Waals surface area (Å²) in [6, 6.07) is 23.9. The Morgan fingerprint density at radius 3 is 1.78 bits per heavy atom. The fourth-order valence-corrected chi connectivity index (χ4v) is 7.64. The molecule has 0 fully saturated rings. The average Bonchev–Trinajstić information content (AvgIpc) is 3.87. The molecule has 4 aliphatic rings. The number of hydrogen-bond acceptors (Lipinski definition) is 18. The summed E-state index contributed by atoms with van der Waals surface area (Å²) in [5, 5.41) is 22.4. The number of pyridine rings is 2. The molecule has 0 spiro atoms. The summed E-state index contributed by atoms with van der Waals surface area (Å²) < 4.78 is 49.0. The van der Waals surface area contributed by atoms with Crippen LogP contribution in [-0.2, 0) is 32.5 Å². The maximum Gasteiger partial charge on any atom is 0.351 e. The van der Waals surface area contributed by atoms with E-state index in [2.05, 4.69) is 40.6 Å². The summed E-state index contributed by atoms with van der Waals surface area (Å²) in [4.78, 5) is 41.6. The predicted molar refractivity (Wildman–Crippen MR) is 224 cm³/mol. The van der Waals surface area contributed by atoms with Gasteiger partial charge in [0.15, 0.2) is 36.9 Å². The Hall–Kier alpha value is -8.54. The topological polar surface area (TPSA) is 248 Å². The Balaban J connectivity index is 0.000000154. The molecule has 9 heterocycles. The number of H-pyrrole nitrogens is 1. The number of nitriles is 1. The molecule has 5 aromatic heterocycles. The smallest absolute Gasteiger partial charge is 0.351 e. The molecule has 21 nitrogen and oxygen atoms in total. The van der Waals surface area contributed by atoms with Crippen molar-refractivity contribution in [2.24, 2.45) is 0 Å². The highest BCUT2D eigenvalue weighted by Gasteiger charge is 2.26. The fraction of sp³-hybridized carbons (Fsp3) is 0.273. The SMILES string of the molecule is N#CCOc1ccc2c(c1)CCn1c-2cc(OCC2COc3ncccc3O2)nc1=O.O=c1nc(OCC2COc3ncccc3O2)cc2n1CCc1cc(OCc3nn[nH]n3)ccc1-2. The van der Waals surface area contributed by atoms with E-state index in [1.165, 1.54) is 0 Å². The summed E-state index contributed by atoms with van der Waals surface area (Å²) in [5.74, 6) is 4.29. The van der Waals surface area contributed by atoms with Crippen LogP contribution < -0.4 is 49.3 Å². The minimum Gasteiger partial charge on any atom is -0.485 e. The highest BCUT2D eigenvalue weighted by Crippen LogP contribution is 2.35. The summed E-state index contributed by atoms with van der Waals surface area (Å²) >= 11 is 0. The Morgan fingerprint density at radius 2 is 1.26 bits per heavy atom. The third-order valence-electron chi connectivity index (χ3n) is 10.7. The molecule has 2 unspecified atom stereocenters. The van der Waals surface area contributed by atoms with Crippen molar-refractivity contribution in [2.45, 2.75) is 44.7 Å². The first-order chi connectivity index (χ1) is 31.9. The van der Waals surface area contributed by atoms with E-state index in [0.717, 1.165) is 33.6 Å². The number of aromatic amines is 1. The normalized spacial score (nSPS) is 15.9. The second kappa shape index (κ2) is 18.1. The van der Waals surface area contributed by atoms with E-state index in [4.69, 9.17) is 43.2 Å². The second-order valence-electron chi connectivity index (χ2n) is 14.9. The van der Waals surface area contributed by atoms with Gasteiger partial charge in [-0.3, -0.25) is 9.13 Å². The minimum atomic E-state index is -0.363. The summed E-state index contributed by atoms with van der Waals surface area (Å²) in [6.07, 6.45) is 3.95. The van der Waals surface area contributed by atoms with Gasteiger partial charge in [0, 0.05) is 48.7 Å². The van der Waals surface area contributed by atoms with Gasteiger partial charge in [0.1, 0.15) is 44.0 Å². The molecule has 1 N–H and O–H groups in total. The number of tetrazole rings is 1. The first kappa shape index (κ1) is 40.5. The van der Waals surface area contributed by atoms with Crippen LogP contribution in [0.4, 0.5) is 0 Å². The number of nitrogens with one attached hydrogen (secondary N) is 1. The summed E-state index contributed by atoms with van der Waals surface area (Å²) in [5.41, 5.74) is 4.71. The third-order valence-corrected chi connectivity index (χ3v) is 10.7. The van der Waals surface area contributed by atoms with Crippen molar-refractivity contribution >= 4 is 0 Å². The standard InChI is InChI=1S/C22H19N7O5.C22H18N4O5/c30-22-24-20(32-10-15-11-33-21-18(34-15)2-1-6-23-21)9-17-16-4-3-14(8-13(16)5-7-29(17)22)31-12-19-25-27-28-26-19;23-6-9-28-15-3-4-17-14(10-15)5-8-26-18(17)11-20(25-22(26)27)29-12-16-13-30-21-19(31-16)2-1-7-24-21/h1-4,6,8-9,15H,5,7,10-12H2,(H,25,26,27,28);1-4,7,10-11,16H,5,8-9,12-13H2. The molecule has 2 aromatic carbocycles. The second-order valence-corrected chi connectivity index (χ2v) is 14.9. The van der Waals surface area contributed by atoms with Gasteiger partial charge in [0.05, 0.1) is 11.4 Å². The Kier molecular flexibility index (Phi) is 11.3. The van der Waals surface area contributed by atoms with E-state index in [1.807, 2.05) is 36.4 Å². The molecule has 0 aliphatic carbocycles. The highest BCUT2D eigenvalue weighted by molar-refractivity contribution is 5.68. The maximum absolute atomic E-state index is 12.7. The molecule has 0 bridgehead atoms. The zero-order valence-corrected chi connectivity index (χ0v) is 34.4. The van der Waals surface area contributed by atoms with Crippen molar-refractivity contribution in [3.63, 3.8) is 0 Å². The number of hydrogen-bond donors (Lipinski definition) is 1. The molecule has 21 heteroatoms. The quantitative estimate of drug-likeness (QED) is 0.196. The molecule has 0 saturated carbocycles. The summed E-state index contributed by atoms with van der Waals surface area (Å²) in [6.45, 7) is 2.18. The molecule has 0 radical (unpaired) electrons. The van der Waals surface area contributed by atoms with Crippen LogP contribution in [0.25, 0.3) is 22.5 Å². The lowest BCUT2D eigenvalue weighted by molar-refractivity contribution is 0.0486. The number of nitrogens with zero attached hydrogens (tertiary/aromatic N) is 10. The van der Waals surface area contributed by atoms with Gasteiger partial charge in [-0.05, 0) is 84.6 Å². The predicted octanol–water partition coefficient (Wildman–Crippen LogP) is 3.15. The van der Waals surface area contributed by atoms with E-state index in [0.29, 0.717) is 79.7 Å². The van der Waals surface area contributed by atoms with Gasteiger partial charge in [-0.1, -0.05) is 5.21 Å². The Labute approximate surface area is 368 Å². The minimum absolute atomic E-state index is 0.00969. The van der Waals surface area contributed by atoms with E-state index >= 15 is 0 Å². The Bertz CT molecular complexity index is 3030. The van der Waals surface area contributed by atoms with E-state index in [9.17, 15) is 9.59 Å². The molecule has 7 aromatic rings. The highest BCUT2D eigenvalue weighted by atomic mass is 16.6. The lowest BCUT2D eigenvalue weighted by atomic mass is 9.97. The number of aryl methyl sites for hydroxylation is 2. The lowest BCUT2D eigenvalue weighted by Crippen LogP contribution is -2.35. The van der Waals surface area contributed by atoms with Crippen molar-refractivity contribution in [3.05, 3.63) is 123 Å². The third kappa shape index (κ3) is 8.90.